The first kappa shape index (κ1) is 13.3. The molecular formula is C14H29N3. The van der Waals surface area contributed by atoms with Gasteiger partial charge in [-0.05, 0) is 58.7 Å². The van der Waals surface area contributed by atoms with Gasteiger partial charge in [-0.2, -0.15) is 0 Å². The van der Waals surface area contributed by atoms with Gasteiger partial charge in [-0.25, -0.2) is 0 Å². The lowest BCUT2D eigenvalue weighted by Gasteiger charge is -2.37. The molecule has 3 nitrogen and oxygen atoms in total. The van der Waals surface area contributed by atoms with E-state index in [-0.39, 0.29) is 0 Å². The van der Waals surface area contributed by atoms with Crippen LogP contribution in [0.25, 0.3) is 0 Å². The van der Waals surface area contributed by atoms with Crippen LogP contribution in [0.3, 0.4) is 0 Å². The van der Waals surface area contributed by atoms with E-state index in [1.807, 2.05) is 0 Å². The summed E-state index contributed by atoms with van der Waals surface area (Å²) in [5, 5.41) is 7.44. The van der Waals surface area contributed by atoms with Gasteiger partial charge in [-0.15, -0.1) is 0 Å². The Labute approximate surface area is 106 Å². The molecule has 17 heavy (non-hydrogen) atoms. The highest BCUT2D eigenvalue weighted by Gasteiger charge is 2.26. The van der Waals surface area contributed by atoms with Gasteiger partial charge < -0.3 is 15.5 Å². The van der Waals surface area contributed by atoms with Gasteiger partial charge in [0.15, 0.2) is 0 Å². The van der Waals surface area contributed by atoms with Crippen LogP contribution in [0.15, 0.2) is 0 Å². The summed E-state index contributed by atoms with van der Waals surface area (Å²) >= 11 is 0. The van der Waals surface area contributed by atoms with Crippen LogP contribution in [0, 0.1) is 5.92 Å². The molecule has 0 aromatic carbocycles. The SMILES string of the molecule is CC(CC1CCCN1)NC1CCN(C)CC1C. The second kappa shape index (κ2) is 6.17. The maximum absolute atomic E-state index is 3.85. The highest BCUT2D eigenvalue weighted by molar-refractivity contribution is 4.85. The Morgan fingerprint density at radius 1 is 1.41 bits per heavy atom. The zero-order valence-electron chi connectivity index (χ0n) is 11.7. The van der Waals surface area contributed by atoms with Crippen molar-refractivity contribution >= 4 is 0 Å². The summed E-state index contributed by atoms with van der Waals surface area (Å²) in [6, 6.07) is 2.14. The Bertz CT molecular complexity index is 226. The third-order valence-corrected chi connectivity index (χ3v) is 4.41. The molecular weight excluding hydrogens is 210 g/mol. The molecule has 2 N–H and O–H groups in total. The van der Waals surface area contributed by atoms with Gasteiger partial charge in [0.1, 0.15) is 0 Å². The van der Waals surface area contributed by atoms with Crippen molar-refractivity contribution < 1.29 is 0 Å². The third kappa shape index (κ3) is 3.94. The molecule has 0 aromatic heterocycles. The molecule has 0 aromatic rings. The van der Waals surface area contributed by atoms with Gasteiger partial charge in [0.05, 0.1) is 0 Å². The van der Waals surface area contributed by atoms with E-state index in [1.165, 1.54) is 45.3 Å². The van der Waals surface area contributed by atoms with E-state index in [9.17, 15) is 0 Å². The van der Waals surface area contributed by atoms with Gasteiger partial charge in [-0.3, -0.25) is 0 Å². The van der Waals surface area contributed by atoms with Crippen molar-refractivity contribution in [2.45, 2.75) is 57.7 Å². The molecule has 2 aliphatic heterocycles. The minimum atomic E-state index is 0.654. The zero-order valence-corrected chi connectivity index (χ0v) is 11.7. The van der Waals surface area contributed by atoms with Gasteiger partial charge >= 0.3 is 0 Å². The fourth-order valence-electron chi connectivity index (χ4n) is 3.42. The first-order valence-corrected chi connectivity index (χ1v) is 7.33. The Morgan fingerprint density at radius 2 is 2.24 bits per heavy atom. The van der Waals surface area contributed by atoms with Crippen LogP contribution in [-0.4, -0.2) is 49.7 Å². The number of hydrogen-bond donors (Lipinski definition) is 2. The molecule has 2 aliphatic rings. The molecule has 0 amide bonds. The average molecular weight is 239 g/mol. The second-order valence-corrected chi connectivity index (χ2v) is 6.23. The molecule has 0 bridgehead atoms. The molecule has 4 atom stereocenters. The highest BCUT2D eigenvalue weighted by Crippen LogP contribution is 2.17. The van der Waals surface area contributed by atoms with E-state index < -0.39 is 0 Å². The van der Waals surface area contributed by atoms with Crippen LogP contribution in [0.5, 0.6) is 0 Å². The monoisotopic (exact) mass is 239 g/mol. The number of nitrogens with zero attached hydrogens (tertiary/aromatic N) is 1. The topological polar surface area (TPSA) is 27.3 Å². The largest absolute Gasteiger partial charge is 0.314 e. The minimum absolute atomic E-state index is 0.654. The van der Waals surface area contributed by atoms with Crippen molar-refractivity contribution in [3.63, 3.8) is 0 Å². The van der Waals surface area contributed by atoms with E-state index >= 15 is 0 Å². The van der Waals surface area contributed by atoms with Gasteiger partial charge in [0.25, 0.3) is 0 Å². The van der Waals surface area contributed by atoms with Crippen LogP contribution in [-0.2, 0) is 0 Å². The number of piperidine rings is 1. The second-order valence-electron chi connectivity index (χ2n) is 6.23. The van der Waals surface area contributed by atoms with Crippen molar-refractivity contribution in [1.82, 2.24) is 15.5 Å². The number of hydrogen-bond acceptors (Lipinski definition) is 3. The van der Waals surface area contributed by atoms with E-state index in [0.29, 0.717) is 6.04 Å². The summed E-state index contributed by atoms with van der Waals surface area (Å²) < 4.78 is 0. The van der Waals surface area contributed by atoms with Gasteiger partial charge in [0.2, 0.25) is 0 Å². The first-order chi connectivity index (χ1) is 8.15. The molecule has 0 saturated carbocycles. The highest BCUT2D eigenvalue weighted by atomic mass is 15.1. The van der Waals surface area contributed by atoms with E-state index in [4.69, 9.17) is 0 Å². The summed E-state index contributed by atoms with van der Waals surface area (Å²) in [6.45, 7) is 8.45. The zero-order chi connectivity index (χ0) is 12.3. The molecule has 4 unspecified atom stereocenters. The molecule has 0 radical (unpaired) electrons. The van der Waals surface area contributed by atoms with Crippen molar-refractivity contribution in [1.29, 1.82) is 0 Å². The van der Waals surface area contributed by atoms with Gasteiger partial charge in [0, 0.05) is 24.7 Å². The minimum Gasteiger partial charge on any atom is -0.314 e. The molecule has 2 rings (SSSR count). The predicted molar refractivity (Wildman–Crippen MR) is 73.3 cm³/mol. The fourth-order valence-corrected chi connectivity index (χ4v) is 3.42. The lowest BCUT2D eigenvalue weighted by Crippen LogP contribution is -2.50. The van der Waals surface area contributed by atoms with E-state index in [1.54, 1.807) is 0 Å². The smallest absolute Gasteiger partial charge is 0.0119 e. The van der Waals surface area contributed by atoms with E-state index in [2.05, 4.69) is 36.4 Å². The Hall–Kier alpha value is -0.120. The van der Waals surface area contributed by atoms with Crippen LogP contribution in [0.4, 0.5) is 0 Å². The average Bonchev–Trinajstić information content (AvgIpc) is 2.75. The lowest BCUT2D eigenvalue weighted by molar-refractivity contribution is 0.165. The molecule has 2 fully saturated rings. The quantitative estimate of drug-likeness (QED) is 0.777. The fraction of sp³-hybridized carbons (Fsp3) is 1.00. The summed E-state index contributed by atoms with van der Waals surface area (Å²) in [4.78, 5) is 2.45. The van der Waals surface area contributed by atoms with E-state index in [0.717, 1.165) is 18.0 Å². The van der Waals surface area contributed by atoms with Gasteiger partial charge in [-0.1, -0.05) is 6.92 Å². The molecule has 0 aliphatic carbocycles. The van der Waals surface area contributed by atoms with Crippen LogP contribution < -0.4 is 10.6 Å². The first-order valence-electron chi connectivity index (χ1n) is 7.33. The molecule has 0 spiro atoms. The molecule has 100 valence electrons. The Balaban J connectivity index is 1.71. The Kier molecular flexibility index (Phi) is 4.83. The maximum Gasteiger partial charge on any atom is 0.0119 e. The maximum atomic E-state index is 3.85. The van der Waals surface area contributed by atoms with Crippen LogP contribution in [0.1, 0.15) is 39.5 Å². The lowest BCUT2D eigenvalue weighted by atomic mass is 9.93. The Morgan fingerprint density at radius 3 is 2.88 bits per heavy atom. The van der Waals surface area contributed by atoms with Crippen molar-refractivity contribution in [3.8, 4) is 0 Å². The normalized spacial score (nSPS) is 37.2. The molecule has 3 heteroatoms. The standard InChI is InChI=1S/C14H29N3/c1-11-10-17(3)8-6-14(11)16-12(2)9-13-5-4-7-15-13/h11-16H,4-10H2,1-3H3. The van der Waals surface area contributed by atoms with Crippen molar-refractivity contribution in [2.24, 2.45) is 5.92 Å². The van der Waals surface area contributed by atoms with Crippen LogP contribution in [0.2, 0.25) is 0 Å². The molecule has 2 saturated heterocycles. The van der Waals surface area contributed by atoms with Crippen LogP contribution >= 0.6 is 0 Å². The third-order valence-electron chi connectivity index (χ3n) is 4.41. The number of likely N-dealkylation sites (tertiary alicyclic amines) is 1. The van der Waals surface area contributed by atoms with Crippen molar-refractivity contribution in [3.05, 3.63) is 0 Å². The number of rotatable bonds is 4. The number of nitrogens with one attached hydrogen (secondary N) is 2. The molecule has 2 heterocycles. The van der Waals surface area contributed by atoms with Crippen molar-refractivity contribution in [2.75, 3.05) is 26.7 Å². The summed E-state index contributed by atoms with van der Waals surface area (Å²) in [5.41, 5.74) is 0. The predicted octanol–water partition coefficient (Wildman–Crippen LogP) is 1.45. The summed E-state index contributed by atoms with van der Waals surface area (Å²) in [5.74, 6) is 0.785. The summed E-state index contributed by atoms with van der Waals surface area (Å²) in [7, 11) is 2.23. The summed E-state index contributed by atoms with van der Waals surface area (Å²) in [6.07, 6.45) is 5.33.